The SMILES string of the molecule is CC(=O)Nc1ccc(C)cc1S(=O)(=O)N1CCN(Cc2nc3ccc(C)cc3o2)CC1. The molecule has 0 unspecified atom stereocenters. The number of aromatic nitrogens is 1. The molecule has 9 heteroatoms. The van der Waals surface area contributed by atoms with Gasteiger partial charge in [-0.25, -0.2) is 13.4 Å². The van der Waals surface area contributed by atoms with Crippen LogP contribution in [-0.2, 0) is 21.4 Å². The molecule has 1 amide bonds. The summed E-state index contributed by atoms with van der Waals surface area (Å²) in [6.07, 6.45) is 0. The van der Waals surface area contributed by atoms with E-state index in [1.54, 1.807) is 18.2 Å². The van der Waals surface area contributed by atoms with Gasteiger partial charge in [-0.05, 0) is 49.2 Å². The highest BCUT2D eigenvalue weighted by Gasteiger charge is 2.31. The Bertz CT molecular complexity index is 1230. The number of sulfonamides is 1. The van der Waals surface area contributed by atoms with Gasteiger partial charge in [-0.2, -0.15) is 4.31 Å². The third kappa shape index (κ3) is 4.63. The lowest BCUT2D eigenvalue weighted by Crippen LogP contribution is -2.48. The first-order valence-corrected chi connectivity index (χ1v) is 11.6. The van der Waals surface area contributed by atoms with Gasteiger partial charge >= 0.3 is 0 Å². The van der Waals surface area contributed by atoms with Crippen molar-refractivity contribution in [2.24, 2.45) is 0 Å². The molecule has 0 saturated carbocycles. The van der Waals surface area contributed by atoms with Crippen LogP contribution in [0.25, 0.3) is 11.1 Å². The number of hydrogen-bond acceptors (Lipinski definition) is 6. The molecule has 0 bridgehead atoms. The van der Waals surface area contributed by atoms with Crippen LogP contribution >= 0.6 is 0 Å². The zero-order valence-corrected chi connectivity index (χ0v) is 18.7. The summed E-state index contributed by atoms with van der Waals surface area (Å²) in [5, 5.41) is 2.63. The van der Waals surface area contributed by atoms with Gasteiger partial charge in [-0.1, -0.05) is 12.1 Å². The fourth-order valence-electron chi connectivity index (χ4n) is 3.74. The molecule has 3 aromatic rings. The lowest BCUT2D eigenvalue weighted by Gasteiger charge is -2.33. The average Bonchev–Trinajstić information content (AvgIpc) is 3.10. The Labute approximate surface area is 181 Å². The fraction of sp³-hybridized carbons (Fsp3) is 0.364. The van der Waals surface area contributed by atoms with Crippen LogP contribution in [0.2, 0.25) is 0 Å². The largest absolute Gasteiger partial charge is 0.439 e. The molecule has 1 N–H and O–H groups in total. The number of carbonyl (C=O) groups excluding carboxylic acids is 1. The molecule has 0 atom stereocenters. The first-order chi connectivity index (χ1) is 14.7. The smallest absolute Gasteiger partial charge is 0.245 e. The van der Waals surface area contributed by atoms with Crippen LogP contribution in [-0.4, -0.2) is 54.7 Å². The van der Waals surface area contributed by atoms with Crippen molar-refractivity contribution in [2.75, 3.05) is 31.5 Å². The predicted molar refractivity (Wildman–Crippen MR) is 118 cm³/mol. The molecule has 164 valence electrons. The van der Waals surface area contributed by atoms with Gasteiger partial charge in [0.1, 0.15) is 10.4 Å². The summed E-state index contributed by atoms with van der Waals surface area (Å²) in [6.45, 7) is 7.58. The van der Waals surface area contributed by atoms with Crippen molar-refractivity contribution in [1.82, 2.24) is 14.2 Å². The molecule has 0 spiro atoms. The molecule has 0 aliphatic carbocycles. The van der Waals surface area contributed by atoms with E-state index in [-0.39, 0.29) is 10.8 Å². The Morgan fingerprint density at radius 3 is 2.45 bits per heavy atom. The first kappa shape index (κ1) is 21.5. The van der Waals surface area contributed by atoms with Crippen molar-refractivity contribution in [3.8, 4) is 0 Å². The minimum atomic E-state index is -3.73. The summed E-state index contributed by atoms with van der Waals surface area (Å²) >= 11 is 0. The molecule has 8 nitrogen and oxygen atoms in total. The van der Waals surface area contributed by atoms with Gasteiger partial charge in [0.2, 0.25) is 21.8 Å². The monoisotopic (exact) mass is 442 g/mol. The standard InChI is InChI=1S/C22H26N4O4S/c1-15-4-6-18-20(12-15)30-22(24-18)14-25-8-10-26(11-9-25)31(28,29)21-13-16(2)5-7-19(21)23-17(3)27/h4-7,12-13H,8-11,14H2,1-3H3,(H,23,27). The number of rotatable bonds is 5. The zero-order chi connectivity index (χ0) is 22.2. The Morgan fingerprint density at radius 1 is 1.06 bits per heavy atom. The molecule has 1 fully saturated rings. The number of carbonyl (C=O) groups is 1. The van der Waals surface area contributed by atoms with E-state index < -0.39 is 10.0 Å². The molecule has 1 aliphatic rings. The fourth-order valence-corrected chi connectivity index (χ4v) is 5.40. The topological polar surface area (TPSA) is 95.8 Å². The number of hydrogen-bond donors (Lipinski definition) is 1. The van der Waals surface area contributed by atoms with Crippen LogP contribution < -0.4 is 5.32 Å². The van der Waals surface area contributed by atoms with Crippen LogP contribution in [0, 0.1) is 13.8 Å². The van der Waals surface area contributed by atoms with E-state index in [4.69, 9.17) is 4.42 Å². The van der Waals surface area contributed by atoms with Gasteiger partial charge in [0.15, 0.2) is 5.58 Å². The van der Waals surface area contributed by atoms with Crippen molar-refractivity contribution in [3.63, 3.8) is 0 Å². The second-order valence-corrected chi connectivity index (χ2v) is 9.85. The summed E-state index contributed by atoms with van der Waals surface area (Å²) < 4.78 is 33.9. The number of benzene rings is 2. The number of amides is 1. The summed E-state index contributed by atoms with van der Waals surface area (Å²) in [5.41, 5.74) is 3.83. The molecule has 1 aliphatic heterocycles. The molecular weight excluding hydrogens is 416 g/mol. The number of nitrogens with zero attached hydrogens (tertiary/aromatic N) is 3. The maximum absolute atomic E-state index is 13.3. The van der Waals surface area contributed by atoms with Crippen LogP contribution in [0.4, 0.5) is 5.69 Å². The van der Waals surface area contributed by atoms with Gasteiger partial charge in [0, 0.05) is 33.1 Å². The number of nitrogens with one attached hydrogen (secondary N) is 1. The van der Waals surface area contributed by atoms with E-state index >= 15 is 0 Å². The Morgan fingerprint density at radius 2 is 1.74 bits per heavy atom. The minimum Gasteiger partial charge on any atom is -0.439 e. The molecule has 4 rings (SSSR count). The Balaban J connectivity index is 1.46. The van der Waals surface area contributed by atoms with Crippen molar-refractivity contribution >= 4 is 32.7 Å². The summed E-state index contributed by atoms with van der Waals surface area (Å²) in [7, 11) is -3.73. The van der Waals surface area contributed by atoms with Gasteiger partial charge < -0.3 is 9.73 Å². The third-order valence-electron chi connectivity index (χ3n) is 5.34. The van der Waals surface area contributed by atoms with E-state index in [1.165, 1.54) is 11.2 Å². The van der Waals surface area contributed by atoms with Crippen LogP contribution in [0.1, 0.15) is 23.9 Å². The molecular formula is C22H26N4O4S. The number of anilines is 1. The first-order valence-electron chi connectivity index (χ1n) is 10.2. The number of fused-ring (bicyclic) bond motifs is 1. The Kier molecular flexibility index (Phi) is 5.83. The number of aryl methyl sites for hydroxylation is 2. The van der Waals surface area contributed by atoms with E-state index in [9.17, 15) is 13.2 Å². The maximum atomic E-state index is 13.3. The lowest BCUT2D eigenvalue weighted by molar-refractivity contribution is -0.114. The molecule has 2 aromatic carbocycles. The molecule has 0 radical (unpaired) electrons. The predicted octanol–water partition coefficient (Wildman–Crippen LogP) is 2.91. The molecule has 1 aromatic heterocycles. The lowest BCUT2D eigenvalue weighted by atomic mass is 10.2. The van der Waals surface area contributed by atoms with Gasteiger partial charge in [-0.3, -0.25) is 9.69 Å². The Hall–Kier alpha value is -2.75. The second kappa shape index (κ2) is 8.41. The average molecular weight is 443 g/mol. The zero-order valence-electron chi connectivity index (χ0n) is 17.9. The maximum Gasteiger partial charge on any atom is 0.245 e. The van der Waals surface area contributed by atoms with Crippen LogP contribution in [0.3, 0.4) is 0 Å². The van der Waals surface area contributed by atoms with Crippen molar-refractivity contribution < 1.29 is 17.6 Å². The highest BCUT2D eigenvalue weighted by atomic mass is 32.2. The highest BCUT2D eigenvalue weighted by Crippen LogP contribution is 2.27. The van der Waals surface area contributed by atoms with Crippen LogP contribution in [0.5, 0.6) is 0 Å². The highest BCUT2D eigenvalue weighted by molar-refractivity contribution is 7.89. The third-order valence-corrected chi connectivity index (χ3v) is 7.28. The number of oxazole rings is 1. The second-order valence-electron chi connectivity index (χ2n) is 7.94. The van der Waals surface area contributed by atoms with Crippen molar-refractivity contribution in [2.45, 2.75) is 32.2 Å². The van der Waals surface area contributed by atoms with Crippen molar-refractivity contribution in [3.05, 3.63) is 53.4 Å². The van der Waals surface area contributed by atoms with E-state index in [1.807, 2.05) is 32.0 Å². The normalized spacial score (nSPS) is 16.0. The van der Waals surface area contributed by atoms with E-state index in [0.29, 0.717) is 44.3 Å². The summed E-state index contributed by atoms with van der Waals surface area (Å²) in [5.74, 6) is 0.321. The van der Waals surface area contributed by atoms with Crippen LogP contribution in [0.15, 0.2) is 45.7 Å². The summed E-state index contributed by atoms with van der Waals surface area (Å²) in [6, 6.07) is 10.9. The molecule has 1 saturated heterocycles. The quantitative estimate of drug-likeness (QED) is 0.653. The number of piperazine rings is 1. The molecule has 2 heterocycles. The van der Waals surface area contributed by atoms with Gasteiger partial charge in [-0.15, -0.1) is 0 Å². The van der Waals surface area contributed by atoms with E-state index in [2.05, 4.69) is 15.2 Å². The van der Waals surface area contributed by atoms with Gasteiger partial charge in [0.05, 0.1) is 12.2 Å². The molecule has 31 heavy (non-hydrogen) atoms. The van der Waals surface area contributed by atoms with E-state index in [0.717, 1.165) is 22.2 Å². The van der Waals surface area contributed by atoms with Gasteiger partial charge in [0.25, 0.3) is 0 Å². The van der Waals surface area contributed by atoms with Crippen molar-refractivity contribution in [1.29, 1.82) is 0 Å². The minimum absolute atomic E-state index is 0.130. The summed E-state index contributed by atoms with van der Waals surface area (Å²) in [4.78, 5) is 18.3.